The Kier molecular flexibility index (Phi) is 7.45. The van der Waals surface area contributed by atoms with Crippen LogP contribution in [0.1, 0.15) is 56.2 Å². The van der Waals surface area contributed by atoms with Gasteiger partial charge in [-0.1, -0.05) is 31.0 Å². The van der Waals surface area contributed by atoms with E-state index in [-0.39, 0.29) is 18.2 Å². The minimum Gasteiger partial charge on any atom is -0.325 e. The van der Waals surface area contributed by atoms with Crippen LogP contribution in [0.5, 0.6) is 0 Å². The smallest absolute Gasteiger partial charge is 0.240 e. The van der Waals surface area contributed by atoms with Crippen molar-refractivity contribution in [1.29, 1.82) is 0 Å². The number of amides is 2. The molecule has 0 aliphatic heterocycles. The van der Waals surface area contributed by atoms with E-state index in [9.17, 15) is 9.59 Å². The molecule has 0 aliphatic rings. The molecule has 0 fully saturated rings. The molecular formula is C18H27N3O2. The number of anilines is 1. The number of unbranched alkanes of at least 4 members (excludes halogenated alkanes) is 1. The van der Waals surface area contributed by atoms with Crippen molar-refractivity contribution in [2.45, 2.75) is 60.3 Å². The molecular weight excluding hydrogens is 290 g/mol. The standard InChI is InChI=1S/C18H27N3O2/c1-6-7-8-16(22)21-20-15(5)11-17(23)19-18-13(3)9-12(2)10-14(18)4/h9-10H,6-8,11H2,1-5H3,(H,19,23)(H,21,22)/b20-15-. The third-order valence-electron chi connectivity index (χ3n) is 3.49. The van der Waals surface area contributed by atoms with Crippen molar-refractivity contribution >= 4 is 23.2 Å². The summed E-state index contributed by atoms with van der Waals surface area (Å²) >= 11 is 0. The number of benzene rings is 1. The van der Waals surface area contributed by atoms with Gasteiger partial charge in [0, 0.05) is 17.8 Å². The number of hydrogen-bond donors (Lipinski definition) is 2. The molecule has 0 unspecified atom stereocenters. The van der Waals surface area contributed by atoms with Crippen molar-refractivity contribution in [2.24, 2.45) is 5.10 Å². The number of hydrogen-bond acceptors (Lipinski definition) is 3. The maximum atomic E-state index is 12.1. The Morgan fingerprint density at radius 3 is 2.26 bits per heavy atom. The Balaban J connectivity index is 2.58. The highest BCUT2D eigenvalue weighted by atomic mass is 16.2. The van der Waals surface area contributed by atoms with Gasteiger partial charge in [-0.25, -0.2) is 5.43 Å². The van der Waals surface area contributed by atoms with Gasteiger partial charge in [-0.15, -0.1) is 0 Å². The topological polar surface area (TPSA) is 70.6 Å². The Morgan fingerprint density at radius 2 is 1.70 bits per heavy atom. The van der Waals surface area contributed by atoms with E-state index < -0.39 is 0 Å². The number of carbonyl (C=O) groups excluding carboxylic acids is 2. The first-order valence-electron chi connectivity index (χ1n) is 8.03. The summed E-state index contributed by atoms with van der Waals surface area (Å²) in [4.78, 5) is 23.6. The fourth-order valence-electron chi connectivity index (χ4n) is 2.38. The molecule has 5 nitrogen and oxygen atoms in total. The molecule has 0 aliphatic carbocycles. The van der Waals surface area contributed by atoms with E-state index in [4.69, 9.17) is 0 Å². The number of rotatable bonds is 7. The summed E-state index contributed by atoms with van der Waals surface area (Å²) < 4.78 is 0. The third kappa shape index (κ3) is 6.63. The lowest BCUT2D eigenvalue weighted by Crippen LogP contribution is -2.21. The second-order valence-corrected chi connectivity index (χ2v) is 5.98. The first kappa shape index (κ1) is 18.9. The summed E-state index contributed by atoms with van der Waals surface area (Å²) in [5.74, 6) is -0.249. The van der Waals surface area contributed by atoms with Crippen molar-refractivity contribution in [3.05, 3.63) is 28.8 Å². The molecule has 1 aromatic rings. The van der Waals surface area contributed by atoms with Crippen LogP contribution >= 0.6 is 0 Å². The van der Waals surface area contributed by atoms with E-state index in [0.717, 1.165) is 29.7 Å². The zero-order valence-corrected chi connectivity index (χ0v) is 14.7. The average molecular weight is 317 g/mol. The van der Waals surface area contributed by atoms with Crippen LogP contribution in [0.2, 0.25) is 0 Å². The second-order valence-electron chi connectivity index (χ2n) is 5.98. The van der Waals surface area contributed by atoms with Gasteiger partial charge in [-0.2, -0.15) is 5.10 Å². The van der Waals surface area contributed by atoms with Crippen molar-refractivity contribution in [1.82, 2.24) is 5.43 Å². The number of hydrazone groups is 1. The van der Waals surface area contributed by atoms with Gasteiger partial charge in [0.2, 0.25) is 11.8 Å². The number of nitrogens with zero attached hydrogens (tertiary/aromatic N) is 1. The van der Waals surface area contributed by atoms with Crippen LogP contribution in [-0.2, 0) is 9.59 Å². The summed E-state index contributed by atoms with van der Waals surface area (Å²) in [6.07, 6.45) is 2.42. The normalized spacial score (nSPS) is 11.3. The lowest BCUT2D eigenvalue weighted by atomic mass is 10.0. The zero-order valence-electron chi connectivity index (χ0n) is 14.7. The van der Waals surface area contributed by atoms with Crippen LogP contribution in [0.4, 0.5) is 5.69 Å². The van der Waals surface area contributed by atoms with Gasteiger partial charge in [0.15, 0.2) is 0 Å². The lowest BCUT2D eigenvalue weighted by molar-refractivity contribution is -0.121. The molecule has 0 spiro atoms. The van der Waals surface area contributed by atoms with E-state index in [1.807, 2.05) is 39.8 Å². The van der Waals surface area contributed by atoms with E-state index in [2.05, 4.69) is 15.8 Å². The molecule has 2 amide bonds. The van der Waals surface area contributed by atoms with E-state index in [1.54, 1.807) is 6.92 Å². The summed E-state index contributed by atoms with van der Waals surface area (Å²) in [6.45, 7) is 9.74. The fraction of sp³-hybridized carbons (Fsp3) is 0.500. The fourth-order valence-corrected chi connectivity index (χ4v) is 2.38. The molecule has 0 aromatic heterocycles. The highest BCUT2D eigenvalue weighted by molar-refractivity contribution is 6.06. The van der Waals surface area contributed by atoms with Crippen molar-refractivity contribution < 1.29 is 9.59 Å². The van der Waals surface area contributed by atoms with Crippen LogP contribution in [0.15, 0.2) is 17.2 Å². The molecule has 5 heteroatoms. The quantitative estimate of drug-likeness (QED) is 0.595. The largest absolute Gasteiger partial charge is 0.325 e. The van der Waals surface area contributed by atoms with Crippen LogP contribution in [0.3, 0.4) is 0 Å². The van der Waals surface area contributed by atoms with Gasteiger partial charge < -0.3 is 5.32 Å². The lowest BCUT2D eigenvalue weighted by Gasteiger charge is -2.12. The first-order valence-corrected chi connectivity index (χ1v) is 8.03. The molecule has 126 valence electrons. The maximum Gasteiger partial charge on any atom is 0.240 e. The van der Waals surface area contributed by atoms with Crippen molar-refractivity contribution in [2.75, 3.05) is 5.32 Å². The summed E-state index contributed by atoms with van der Waals surface area (Å²) in [5, 5.41) is 6.90. The number of nitrogens with one attached hydrogen (secondary N) is 2. The molecule has 0 atom stereocenters. The molecule has 0 saturated carbocycles. The molecule has 2 N–H and O–H groups in total. The van der Waals surface area contributed by atoms with Crippen LogP contribution in [-0.4, -0.2) is 17.5 Å². The van der Waals surface area contributed by atoms with Crippen LogP contribution in [0.25, 0.3) is 0 Å². The van der Waals surface area contributed by atoms with E-state index in [1.165, 1.54) is 5.56 Å². The van der Waals surface area contributed by atoms with Crippen LogP contribution in [0, 0.1) is 20.8 Å². The first-order chi connectivity index (χ1) is 10.8. The number of aryl methyl sites for hydroxylation is 3. The van der Waals surface area contributed by atoms with Crippen LogP contribution < -0.4 is 10.7 Å². The van der Waals surface area contributed by atoms with Gasteiger partial charge in [0.1, 0.15) is 0 Å². The predicted molar refractivity (Wildman–Crippen MR) is 94.7 cm³/mol. The SMILES string of the molecule is CCCCC(=O)N/N=C(/C)CC(=O)Nc1c(C)cc(C)cc1C. The highest BCUT2D eigenvalue weighted by Crippen LogP contribution is 2.22. The molecule has 1 rings (SSSR count). The molecule has 23 heavy (non-hydrogen) atoms. The Labute approximate surface area is 138 Å². The molecule has 0 bridgehead atoms. The molecule has 1 aromatic carbocycles. The monoisotopic (exact) mass is 317 g/mol. The number of carbonyl (C=O) groups is 2. The highest BCUT2D eigenvalue weighted by Gasteiger charge is 2.09. The van der Waals surface area contributed by atoms with Gasteiger partial charge in [0.25, 0.3) is 0 Å². The molecule has 0 saturated heterocycles. The Hall–Kier alpha value is -2.17. The van der Waals surface area contributed by atoms with Gasteiger partial charge in [-0.3, -0.25) is 9.59 Å². The minimum absolute atomic E-state index is 0.114. The Bertz CT molecular complexity index is 583. The third-order valence-corrected chi connectivity index (χ3v) is 3.49. The predicted octanol–water partition coefficient (Wildman–Crippen LogP) is 3.62. The molecule has 0 radical (unpaired) electrons. The van der Waals surface area contributed by atoms with Gasteiger partial charge in [-0.05, 0) is 45.2 Å². The second kappa shape index (κ2) is 9.08. The molecule has 0 heterocycles. The Morgan fingerprint density at radius 1 is 1.09 bits per heavy atom. The summed E-state index contributed by atoms with van der Waals surface area (Å²) in [7, 11) is 0. The average Bonchev–Trinajstić information content (AvgIpc) is 2.46. The van der Waals surface area contributed by atoms with E-state index in [0.29, 0.717) is 12.1 Å². The zero-order chi connectivity index (χ0) is 17.4. The summed E-state index contributed by atoms with van der Waals surface area (Å²) in [6, 6.07) is 4.08. The maximum absolute atomic E-state index is 12.1. The van der Waals surface area contributed by atoms with Crippen molar-refractivity contribution in [3.8, 4) is 0 Å². The minimum atomic E-state index is -0.135. The van der Waals surface area contributed by atoms with Gasteiger partial charge >= 0.3 is 0 Å². The van der Waals surface area contributed by atoms with Crippen molar-refractivity contribution in [3.63, 3.8) is 0 Å². The van der Waals surface area contributed by atoms with Gasteiger partial charge in [0.05, 0.1) is 6.42 Å². The summed E-state index contributed by atoms with van der Waals surface area (Å²) in [5.41, 5.74) is 7.16. The van der Waals surface area contributed by atoms with E-state index >= 15 is 0 Å².